The lowest BCUT2D eigenvalue weighted by Gasteiger charge is -2.54. The molecule has 0 aromatic heterocycles. The van der Waals surface area contributed by atoms with Crippen LogP contribution in [0.15, 0.2) is 24.3 Å². The molecule has 0 radical (unpaired) electrons. The van der Waals surface area contributed by atoms with E-state index in [1.807, 2.05) is 12.1 Å². The average Bonchev–Trinajstić information content (AvgIpc) is 2.37. The molecular weight excluding hydrogens is 226 g/mol. The zero-order valence-corrected chi connectivity index (χ0v) is 11.6. The third-order valence-electron chi connectivity index (χ3n) is 4.20. The zero-order chi connectivity index (χ0) is 13.3. The monoisotopic (exact) mass is 247 g/mol. The van der Waals surface area contributed by atoms with Crippen LogP contribution in [0.1, 0.15) is 25.0 Å². The predicted octanol–water partition coefficient (Wildman–Crippen LogP) is 2.13. The van der Waals surface area contributed by atoms with Crippen LogP contribution >= 0.6 is 0 Å². The molecule has 0 amide bonds. The molecule has 1 fully saturated rings. The number of esters is 1. The van der Waals surface area contributed by atoms with Crippen LogP contribution in [-0.2, 0) is 14.9 Å². The highest BCUT2D eigenvalue weighted by atomic mass is 16.5. The summed E-state index contributed by atoms with van der Waals surface area (Å²) in [5, 5.41) is 0. The highest BCUT2D eigenvalue weighted by molar-refractivity contribution is 5.86. The number of likely N-dealkylation sites (tertiary alicyclic amines) is 1. The summed E-state index contributed by atoms with van der Waals surface area (Å²) >= 11 is 0. The number of likely N-dealkylation sites (N-methyl/N-ethyl adjacent to an activating group) is 1. The molecule has 1 aromatic rings. The topological polar surface area (TPSA) is 29.5 Å². The third-order valence-corrected chi connectivity index (χ3v) is 4.20. The fourth-order valence-electron chi connectivity index (χ4n) is 2.96. The van der Waals surface area contributed by atoms with Crippen molar-refractivity contribution in [3.05, 3.63) is 35.4 Å². The standard InChI is InChI=1S/C15H21NO2/c1-5-16-10-15(12(16)3,14(17)18-4)13-8-6-7-11(2)9-13/h6-9,12H,5,10H2,1-4H3. The molecule has 1 aliphatic heterocycles. The third kappa shape index (κ3) is 1.74. The summed E-state index contributed by atoms with van der Waals surface area (Å²) in [5.41, 5.74) is 1.76. The second kappa shape index (κ2) is 4.73. The molecule has 0 bridgehead atoms. The summed E-state index contributed by atoms with van der Waals surface area (Å²) in [6, 6.07) is 8.39. The molecule has 1 saturated heterocycles. The lowest BCUT2D eigenvalue weighted by Crippen LogP contribution is -2.69. The Bertz CT molecular complexity index is 458. The Balaban J connectivity index is 2.42. The number of ether oxygens (including phenoxy) is 1. The summed E-state index contributed by atoms with van der Waals surface area (Å²) < 4.78 is 5.05. The Hall–Kier alpha value is -1.35. The molecule has 18 heavy (non-hydrogen) atoms. The number of carbonyl (C=O) groups is 1. The Kier molecular flexibility index (Phi) is 3.44. The second-order valence-corrected chi connectivity index (χ2v) is 5.07. The largest absolute Gasteiger partial charge is 0.468 e. The van der Waals surface area contributed by atoms with Crippen molar-refractivity contribution >= 4 is 5.97 Å². The van der Waals surface area contributed by atoms with Gasteiger partial charge in [-0.2, -0.15) is 0 Å². The predicted molar refractivity (Wildman–Crippen MR) is 71.6 cm³/mol. The molecule has 3 heteroatoms. The Morgan fingerprint density at radius 1 is 1.56 bits per heavy atom. The number of carbonyl (C=O) groups excluding carboxylic acids is 1. The van der Waals surface area contributed by atoms with Gasteiger partial charge in [-0.15, -0.1) is 0 Å². The van der Waals surface area contributed by atoms with Gasteiger partial charge in [0.05, 0.1) is 7.11 Å². The first-order chi connectivity index (χ1) is 8.56. The van der Waals surface area contributed by atoms with Gasteiger partial charge in [0.1, 0.15) is 5.41 Å². The minimum absolute atomic E-state index is 0.120. The number of rotatable bonds is 3. The Labute approximate surface area is 109 Å². The van der Waals surface area contributed by atoms with Crippen LogP contribution in [-0.4, -0.2) is 37.1 Å². The summed E-state index contributed by atoms with van der Waals surface area (Å²) in [6.45, 7) is 7.99. The summed E-state index contributed by atoms with van der Waals surface area (Å²) in [4.78, 5) is 14.5. The van der Waals surface area contributed by atoms with Crippen LogP contribution in [0, 0.1) is 6.92 Å². The van der Waals surface area contributed by atoms with E-state index in [0.717, 1.165) is 18.7 Å². The van der Waals surface area contributed by atoms with Crippen LogP contribution in [0.3, 0.4) is 0 Å². The SMILES string of the molecule is CCN1CC(C(=O)OC)(c2cccc(C)c2)C1C. The van der Waals surface area contributed by atoms with Gasteiger partial charge in [-0.25, -0.2) is 0 Å². The number of hydrogen-bond acceptors (Lipinski definition) is 3. The highest BCUT2D eigenvalue weighted by Gasteiger charge is 2.56. The highest BCUT2D eigenvalue weighted by Crippen LogP contribution is 2.41. The van der Waals surface area contributed by atoms with E-state index >= 15 is 0 Å². The van der Waals surface area contributed by atoms with E-state index in [0.29, 0.717) is 0 Å². The van der Waals surface area contributed by atoms with Gasteiger partial charge in [0.15, 0.2) is 0 Å². The van der Waals surface area contributed by atoms with Crippen LogP contribution in [0.4, 0.5) is 0 Å². The Morgan fingerprint density at radius 3 is 2.78 bits per heavy atom. The van der Waals surface area contributed by atoms with Crippen LogP contribution in [0.25, 0.3) is 0 Å². The van der Waals surface area contributed by atoms with Gasteiger partial charge in [0, 0.05) is 12.6 Å². The van der Waals surface area contributed by atoms with Gasteiger partial charge in [-0.1, -0.05) is 36.8 Å². The lowest BCUT2D eigenvalue weighted by molar-refractivity contribution is -0.160. The number of methoxy groups -OCH3 is 1. The molecule has 0 spiro atoms. The molecule has 1 heterocycles. The number of aryl methyl sites for hydroxylation is 1. The normalized spacial score (nSPS) is 27.7. The van der Waals surface area contributed by atoms with E-state index in [-0.39, 0.29) is 12.0 Å². The van der Waals surface area contributed by atoms with Crippen molar-refractivity contribution in [2.45, 2.75) is 32.2 Å². The molecule has 2 rings (SSSR count). The van der Waals surface area contributed by atoms with Gasteiger partial charge < -0.3 is 4.74 Å². The van der Waals surface area contributed by atoms with Crippen LogP contribution < -0.4 is 0 Å². The van der Waals surface area contributed by atoms with Gasteiger partial charge in [0.2, 0.25) is 0 Å². The lowest BCUT2D eigenvalue weighted by atomic mass is 9.67. The molecule has 2 unspecified atom stereocenters. The van der Waals surface area contributed by atoms with Crippen LogP contribution in [0.2, 0.25) is 0 Å². The van der Waals surface area contributed by atoms with Gasteiger partial charge >= 0.3 is 5.97 Å². The Morgan fingerprint density at radius 2 is 2.28 bits per heavy atom. The minimum atomic E-state index is -0.489. The molecule has 98 valence electrons. The molecule has 0 saturated carbocycles. The van der Waals surface area contributed by atoms with Gasteiger partial charge in [-0.3, -0.25) is 9.69 Å². The smallest absolute Gasteiger partial charge is 0.319 e. The quantitative estimate of drug-likeness (QED) is 0.766. The zero-order valence-electron chi connectivity index (χ0n) is 11.6. The van der Waals surface area contributed by atoms with Gasteiger partial charge in [0.25, 0.3) is 0 Å². The maximum atomic E-state index is 12.3. The molecular formula is C15H21NO2. The van der Waals surface area contributed by atoms with Crippen molar-refractivity contribution in [3.63, 3.8) is 0 Å². The minimum Gasteiger partial charge on any atom is -0.468 e. The van der Waals surface area contributed by atoms with E-state index in [9.17, 15) is 4.79 Å². The van der Waals surface area contributed by atoms with Gasteiger partial charge in [-0.05, 0) is 26.0 Å². The molecule has 0 aliphatic carbocycles. The fourth-order valence-corrected chi connectivity index (χ4v) is 2.96. The maximum Gasteiger partial charge on any atom is 0.319 e. The van der Waals surface area contributed by atoms with Crippen molar-refractivity contribution < 1.29 is 9.53 Å². The van der Waals surface area contributed by atoms with E-state index < -0.39 is 5.41 Å². The van der Waals surface area contributed by atoms with Crippen molar-refractivity contribution in [1.82, 2.24) is 4.90 Å². The number of hydrogen-bond donors (Lipinski definition) is 0. The van der Waals surface area contributed by atoms with Crippen molar-refractivity contribution in [2.24, 2.45) is 0 Å². The molecule has 1 aromatic carbocycles. The van der Waals surface area contributed by atoms with Crippen molar-refractivity contribution in [1.29, 1.82) is 0 Å². The van der Waals surface area contributed by atoms with E-state index in [4.69, 9.17) is 4.74 Å². The molecule has 3 nitrogen and oxygen atoms in total. The average molecular weight is 247 g/mol. The fraction of sp³-hybridized carbons (Fsp3) is 0.533. The van der Waals surface area contributed by atoms with Crippen molar-refractivity contribution in [3.8, 4) is 0 Å². The van der Waals surface area contributed by atoms with E-state index in [1.165, 1.54) is 12.7 Å². The summed E-state index contributed by atoms with van der Waals surface area (Å²) in [5.74, 6) is -0.120. The maximum absolute atomic E-state index is 12.3. The first-order valence-corrected chi connectivity index (χ1v) is 6.46. The van der Waals surface area contributed by atoms with E-state index in [2.05, 4.69) is 37.8 Å². The molecule has 2 atom stereocenters. The second-order valence-electron chi connectivity index (χ2n) is 5.07. The first kappa shape index (κ1) is 13.1. The molecule has 0 N–H and O–H groups in total. The van der Waals surface area contributed by atoms with Crippen molar-refractivity contribution in [2.75, 3.05) is 20.2 Å². The summed E-state index contributed by atoms with van der Waals surface area (Å²) in [6.07, 6.45) is 0. The number of benzene rings is 1. The molecule has 1 aliphatic rings. The van der Waals surface area contributed by atoms with E-state index in [1.54, 1.807) is 0 Å². The number of nitrogens with zero attached hydrogens (tertiary/aromatic N) is 1. The summed E-state index contributed by atoms with van der Waals surface area (Å²) in [7, 11) is 1.47. The van der Waals surface area contributed by atoms with Crippen LogP contribution in [0.5, 0.6) is 0 Å². The first-order valence-electron chi connectivity index (χ1n) is 6.46.